The summed E-state index contributed by atoms with van der Waals surface area (Å²) in [5, 5.41) is 5.45. The van der Waals surface area contributed by atoms with Gasteiger partial charge >= 0.3 is 0 Å². The van der Waals surface area contributed by atoms with Gasteiger partial charge in [-0.2, -0.15) is 0 Å². The van der Waals surface area contributed by atoms with E-state index < -0.39 is 0 Å². The molecule has 3 aromatic rings. The number of anilines is 1. The predicted molar refractivity (Wildman–Crippen MR) is 113 cm³/mol. The molecule has 0 spiro atoms. The summed E-state index contributed by atoms with van der Waals surface area (Å²) in [6.07, 6.45) is 2.46. The van der Waals surface area contributed by atoms with Gasteiger partial charge in [-0.1, -0.05) is 12.1 Å². The van der Waals surface area contributed by atoms with Crippen molar-refractivity contribution < 1.29 is 9.59 Å². The molecule has 1 aliphatic heterocycles. The Hall–Kier alpha value is -3.19. The molecule has 0 aliphatic carbocycles. The van der Waals surface area contributed by atoms with E-state index >= 15 is 0 Å². The third kappa shape index (κ3) is 4.00. The standard InChI is InChI=1S/C22H25N5O2/c1-14-6-5-11-27(14)13-20-25-18-10-9-15(12-19(18)26-20)24-22(29)17-8-4-3-7-16(17)21(28)23-2/h3-4,7-10,12,14H,5-6,11,13H2,1-2H3,(H,23,28)(H,24,29)(H,25,26)/t14-/m0/s1. The molecule has 1 atom stereocenters. The molecule has 2 heterocycles. The highest BCUT2D eigenvalue weighted by Crippen LogP contribution is 2.22. The maximum Gasteiger partial charge on any atom is 0.256 e. The van der Waals surface area contributed by atoms with E-state index in [1.807, 2.05) is 18.2 Å². The summed E-state index contributed by atoms with van der Waals surface area (Å²) in [4.78, 5) is 35.2. The maximum atomic E-state index is 12.7. The summed E-state index contributed by atoms with van der Waals surface area (Å²) >= 11 is 0. The average Bonchev–Trinajstić information content (AvgIpc) is 3.32. The Labute approximate surface area is 169 Å². The predicted octanol–water partition coefficient (Wildman–Crippen LogP) is 3.16. The molecule has 1 aromatic heterocycles. The molecule has 0 saturated carbocycles. The number of likely N-dealkylation sites (tertiary alicyclic amines) is 1. The minimum atomic E-state index is -0.325. The van der Waals surface area contributed by atoms with Crippen LogP contribution in [0.3, 0.4) is 0 Å². The van der Waals surface area contributed by atoms with Gasteiger partial charge in [0.15, 0.2) is 0 Å². The molecule has 7 nitrogen and oxygen atoms in total. The summed E-state index contributed by atoms with van der Waals surface area (Å²) in [6.45, 7) is 4.15. The van der Waals surface area contributed by atoms with E-state index in [-0.39, 0.29) is 11.8 Å². The Morgan fingerprint density at radius 2 is 1.93 bits per heavy atom. The smallest absolute Gasteiger partial charge is 0.256 e. The van der Waals surface area contributed by atoms with Gasteiger partial charge in [0, 0.05) is 18.8 Å². The van der Waals surface area contributed by atoms with Crippen LogP contribution < -0.4 is 10.6 Å². The SMILES string of the molecule is CNC(=O)c1ccccc1C(=O)Nc1ccc2nc(CN3CCC[C@@H]3C)[nH]c2c1. The normalized spacial score (nSPS) is 16.8. The minimum Gasteiger partial charge on any atom is -0.355 e. The second kappa shape index (κ2) is 8.05. The molecule has 3 N–H and O–H groups in total. The van der Waals surface area contributed by atoms with Crippen LogP contribution in [0.4, 0.5) is 5.69 Å². The topological polar surface area (TPSA) is 90.1 Å². The monoisotopic (exact) mass is 391 g/mol. The van der Waals surface area contributed by atoms with Crippen molar-refractivity contribution >= 4 is 28.5 Å². The van der Waals surface area contributed by atoms with Crippen LogP contribution in [0.15, 0.2) is 42.5 Å². The van der Waals surface area contributed by atoms with Crippen molar-refractivity contribution in [3.05, 3.63) is 59.4 Å². The van der Waals surface area contributed by atoms with Crippen molar-refractivity contribution in [1.29, 1.82) is 0 Å². The summed E-state index contributed by atoms with van der Waals surface area (Å²) in [5.74, 6) is 0.317. The third-order valence-electron chi connectivity index (χ3n) is 5.48. The second-order valence-corrected chi connectivity index (χ2v) is 7.46. The molecule has 29 heavy (non-hydrogen) atoms. The number of fused-ring (bicyclic) bond motifs is 1. The second-order valence-electron chi connectivity index (χ2n) is 7.46. The maximum absolute atomic E-state index is 12.7. The fraction of sp³-hybridized carbons (Fsp3) is 0.318. The zero-order valence-corrected chi connectivity index (χ0v) is 16.7. The Morgan fingerprint density at radius 1 is 1.17 bits per heavy atom. The number of carbonyl (C=O) groups excluding carboxylic acids is 2. The van der Waals surface area contributed by atoms with Gasteiger partial charge in [0.25, 0.3) is 11.8 Å². The number of hydrogen-bond acceptors (Lipinski definition) is 4. The summed E-state index contributed by atoms with van der Waals surface area (Å²) in [6, 6.07) is 12.9. The summed E-state index contributed by atoms with van der Waals surface area (Å²) in [5.41, 5.74) is 3.08. The minimum absolute atomic E-state index is 0.291. The number of H-pyrrole nitrogens is 1. The van der Waals surface area contributed by atoms with Crippen LogP contribution in [0, 0.1) is 0 Å². The van der Waals surface area contributed by atoms with Crippen molar-refractivity contribution in [3.8, 4) is 0 Å². The molecule has 2 amide bonds. The van der Waals surface area contributed by atoms with Gasteiger partial charge in [-0.05, 0) is 56.6 Å². The van der Waals surface area contributed by atoms with Gasteiger partial charge in [0.05, 0.1) is 28.7 Å². The van der Waals surface area contributed by atoms with Crippen LogP contribution in [0.2, 0.25) is 0 Å². The van der Waals surface area contributed by atoms with E-state index in [2.05, 4.69) is 32.4 Å². The number of carbonyl (C=O) groups is 2. The summed E-state index contributed by atoms with van der Waals surface area (Å²) in [7, 11) is 1.55. The van der Waals surface area contributed by atoms with E-state index in [1.54, 1.807) is 31.3 Å². The van der Waals surface area contributed by atoms with Gasteiger partial charge in [-0.3, -0.25) is 14.5 Å². The molecule has 0 radical (unpaired) electrons. The molecule has 1 saturated heterocycles. The van der Waals surface area contributed by atoms with Crippen LogP contribution in [-0.4, -0.2) is 46.3 Å². The number of benzene rings is 2. The zero-order valence-electron chi connectivity index (χ0n) is 16.7. The quantitative estimate of drug-likeness (QED) is 0.623. The number of imidazole rings is 1. The zero-order chi connectivity index (χ0) is 20.4. The van der Waals surface area contributed by atoms with Crippen LogP contribution in [0.5, 0.6) is 0 Å². The Kier molecular flexibility index (Phi) is 5.31. The van der Waals surface area contributed by atoms with E-state index in [1.165, 1.54) is 12.8 Å². The van der Waals surface area contributed by atoms with Gasteiger partial charge < -0.3 is 15.6 Å². The van der Waals surface area contributed by atoms with Crippen molar-refractivity contribution in [2.45, 2.75) is 32.4 Å². The first-order chi connectivity index (χ1) is 14.0. The van der Waals surface area contributed by atoms with Gasteiger partial charge in [-0.25, -0.2) is 4.98 Å². The molecule has 7 heteroatoms. The Balaban J connectivity index is 1.53. The fourth-order valence-corrected chi connectivity index (χ4v) is 3.85. The molecule has 1 aliphatic rings. The van der Waals surface area contributed by atoms with Crippen molar-refractivity contribution in [2.24, 2.45) is 0 Å². The first-order valence-electron chi connectivity index (χ1n) is 9.90. The van der Waals surface area contributed by atoms with E-state index in [0.29, 0.717) is 22.9 Å². The summed E-state index contributed by atoms with van der Waals surface area (Å²) < 4.78 is 0. The lowest BCUT2D eigenvalue weighted by atomic mass is 10.1. The Bertz CT molecular complexity index is 1060. The highest BCUT2D eigenvalue weighted by Gasteiger charge is 2.21. The van der Waals surface area contributed by atoms with E-state index in [4.69, 9.17) is 0 Å². The fourth-order valence-electron chi connectivity index (χ4n) is 3.85. The number of rotatable bonds is 5. The molecule has 4 rings (SSSR count). The first-order valence-corrected chi connectivity index (χ1v) is 9.90. The van der Waals surface area contributed by atoms with E-state index in [9.17, 15) is 9.59 Å². The van der Waals surface area contributed by atoms with Crippen LogP contribution in [-0.2, 0) is 6.54 Å². The average molecular weight is 391 g/mol. The van der Waals surface area contributed by atoms with E-state index in [0.717, 1.165) is 29.9 Å². The number of amides is 2. The lowest BCUT2D eigenvalue weighted by molar-refractivity contribution is 0.0948. The lowest BCUT2D eigenvalue weighted by Gasteiger charge is -2.19. The van der Waals surface area contributed by atoms with Crippen molar-refractivity contribution in [2.75, 3.05) is 18.9 Å². The first kappa shape index (κ1) is 19.1. The third-order valence-corrected chi connectivity index (χ3v) is 5.48. The number of hydrogen-bond donors (Lipinski definition) is 3. The largest absolute Gasteiger partial charge is 0.355 e. The number of aromatic amines is 1. The molecule has 2 aromatic carbocycles. The molecule has 0 bridgehead atoms. The van der Waals surface area contributed by atoms with Gasteiger partial charge in [0.1, 0.15) is 5.82 Å². The molecule has 150 valence electrons. The van der Waals surface area contributed by atoms with Crippen molar-refractivity contribution in [1.82, 2.24) is 20.2 Å². The van der Waals surface area contributed by atoms with Crippen LogP contribution >= 0.6 is 0 Å². The number of nitrogens with one attached hydrogen (secondary N) is 3. The molecule has 1 fully saturated rings. The molecular formula is C22H25N5O2. The Morgan fingerprint density at radius 3 is 2.62 bits per heavy atom. The highest BCUT2D eigenvalue weighted by atomic mass is 16.2. The van der Waals surface area contributed by atoms with Crippen LogP contribution in [0.25, 0.3) is 11.0 Å². The molecular weight excluding hydrogens is 366 g/mol. The molecule has 0 unspecified atom stereocenters. The number of nitrogens with zero attached hydrogens (tertiary/aromatic N) is 2. The highest BCUT2D eigenvalue weighted by molar-refractivity contribution is 6.12. The van der Waals surface area contributed by atoms with Crippen LogP contribution in [0.1, 0.15) is 46.3 Å². The van der Waals surface area contributed by atoms with Crippen molar-refractivity contribution in [3.63, 3.8) is 0 Å². The lowest BCUT2D eigenvalue weighted by Crippen LogP contribution is -2.26. The number of aromatic nitrogens is 2. The van der Waals surface area contributed by atoms with Gasteiger partial charge in [0.2, 0.25) is 0 Å². The van der Waals surface area contributed by atoms with Gasteiger partial charge in [-0.15, -0.1) is 0 Å².